The first kappa shape index (κ1) is 7.37. The molecule has 0 amide bonds. The summed E-state index contributed by atoms with van der Waals surface area (Å²) in [5.41, 5.74) is 8.39. The summed E-state index contributed by atoms with van der Waals surface area (Å²) < 4.78 is 0. The van der Waals surface area contributed by atoms with Crippen molar-refractivity contribution in [2.45, 2.75) is 12.5 Å². The largest absolute Gasteiger partial charge is 0.398 e. The van der Waals surface area contributed by atoms with Crippen molar-refractivity contribution in [3.8, 4) is 0 Å². The number of nitrogen functional groups attached to an aromatic ring is 1. The number of hydrogen-bond donors (Lipinski definition) is 2. The highest BCUT2D eigenvalue weighted by Gasteiger charge is 2.14. The van der Waals surface area contributed by atoms with Gasteiger partial charge in [0.1, 0.15) is 0 Å². The summed E-state index contributed by atoms with van der Waals surface area (Å²) in [6.45, 7) is 0. The van der Waals surface area contributed by atoms with Crippen LogP contribution in [-0.4, -0.2) is 5.11 Å². The Kier molecular flexibility index (Phi) is 1.62. The number of aliphatic hydroxyl groups is 1. The van der Waals surface area contributed by atoms with E-state index in [2.05, 4.69) is 0 Å². The molecule has 1 aliphatic carbocycles. The Morgan fingerprint density at radius 1 is 1.42 bits per heavy atom. The first-order chi connectivity index (χ1) is 5.79. The molecule has 0 aromatic heterocycles. The second kappa shape index (κ2) is 2.64. The molecule has 0 bridgehead atoms. The zero-order valence-electron chi connectivity index (χ0n) is 6.70. The number of rotatable bonds is 0. The average Bonchev–Trinajstić information content (AvgIpc) is 2.07. The van der Waals surface area contributed by atoms with Crippen LogP contribution >= 0.6 is 0 Å². The number of nitrogens with two attached hydrogens (primary N) is 1. The standard InChI is InChI=1S/C10H11NO/c11-9-5-1-4-8-7(9)3-2-6-10(8)12/h1-5,10,12H,6,11H2. The van der Waals surface area contributed by atoms with Gasteiger partial charge >= 0.3 is 0 Å². The summed E-state index contributed by atoms with van der Waals surface area (Å²) in [5.74, 6) is 0. The van der Waals surface area contributed by atoms with Crippen molar-refractivity contribution in [3.05, 3.63) is 35.4 Å². The van der Waals surface area contributed by atoms with E-state index in [4.69, 9.17) is 5.73 Å². The molecule has 0 aliphatic heterocycles. The number of anilines is 1. The molecule has 0 fully saturated rings. The summed E-state index contributed by atoms with van der Waals surface area (Å²) in [7, 11) is 0. The smallest absolute Gasteiger partial charge is 0.0831 e. The monoisotopic (exact) mass is 161 g/mol. The average molecular weight is 161 g/mol. The zero-order valence-corrected chi connectivity index (χ0v) is 6.70. The van der Waals surface area contributed by atoms with E-state index in [1.165, 1.54) is 0 Å². The van der Waals surface area contributed by atoms with Gasteiger partial charge in [-0.2, -0.15) is 0 Å². The SMILES string of the molecule is Nc1cccc2c1C=CCC2O. The van der Waals surface area contributed by atoms with Gasteiger partial charge in [-0.3, -0.25) is 0 Å². The lowest BCUT2D eigenvalue weighted by Crippen LogP contribution is -2.04. The van der Waals surface area contributed by atoms with Crippen molar-refractivity contribution in [2.75, 3.05) is 5.73 Å². The summed E-state index contributed by atoms with van der Waals surface area (Å²) >= 11 is 0. The van der Waals surface area contributed by atoms with Crippen LogP contribution in [0.15, 0.2) is 24.3 Å². The maximum Gasteiger partial charge on any atom is 0.0831 e. The molecule has 1 aromatic rings. The normalized spacial score (nSPS) is 20.6. The van der Waals surface area contributed by atoms with E-state index >= 15 is 0 Å². The number of fused-ring (bicyclic) bond motifs is 1. The van der Waals surface area contributed by atoms with Crippen LogP contribution in [0.2, 0.25) is 0 Å². The Hall–Kier alpha value is -1.28. The van der Waals surface area contributed by atoms with E-state index in [9.17, 15) is 5.11 Å². The van der Waals surface area contributed by atoms with Gasteiger partial charge in [0.2, 0.25) is 0 Å². The quantitative estimate of drug-likeness (QED) is 0.569. The molecule has 2 nitrogen and oxygen atoms in total. The molecule has 0 heterocycles. The Morgan fingerprint density at radius 3 is 3.00 bits per heavy atom. The highest BCUT2D eigenvalue weighted by molar-refractivity contribution is 5.69. The fourth-order valence-electron chi connectivity index (χ4n) is 1.53. The maximum atomic E-state index is 9.58. The third kappa shape index (κ3) is 1.01. The molecule has 1 atom stereocenters. The lowest BCUT2D eigenvalue weighted by atomic mass is 9.94. The van der Waals surface area contributed by atoms with Gasteiger partial charge in [0.25, 0.3) is 0 Å². The maximum absolute atomic E-state index is 9.58. The Balaban J connectivity index is 2.61. The third-order valence-electron chi connectivity index (χ3n) is 2.18. The summed E-state index contributed by atoms with van der Waals surface area (Å²) in [6.07, 6.45) is 4.23. The second-order valence-corrected chi connectivity index (χ2v) is 3.00. The van der Waals surface area contributed by atoms with E-state index in [0.717, 1.165) is 16.8 Å². The van der Waals surface area contributed by atoms with Gasteiger partial charge in [0, 0.05) is 11.3 Å². The Bertz CT molecular complexity index is 331. The molecule has 12 heavy (non-hydrogen) atoms. The minimum atomic E-state index is -0.381. The van der Waals surface area contributed by atoms with Gasteiger partial charge in [0.15, 0.2) is 0 Å². The van der Waals surface area contributed by atoms with Crippen LogP contribution in [0.1, 0.15) is 23.7 Å². The van der Waals surface area contributed by atoms with Crippen LogP contribution in [0.4, 0.5) is 5.69 Å². The molecule has 0 saturated carbocycles. The fraction of sp³-hybridized carbons (Fsp3) is 0.200. The minimum Gasteiger partial charge on any atom is -0.398 e. The Morgan fingerprint density at radius 2 is 2.25 bits per heavy atom. The van der Waals surface area contributed by atoms with E-state index in [0.29, 0.717) is 6.42 Å². The van der Waals surface area contributed by atoms with E-state index in [-0.39, 0.29) is 6.10 Å². The molecule has 0 spiro atoms. The van der Waals surface area contributed by atoms with Gasteiger partial charge in [-0.05, 0) is 18.1 Å². The summed E-state index contributed by atoms with van der Waals surface area (Å²) in [4.78, 5) is 0. The molecule has 3 N–H and O–H groups in total. The lowest BCUT2D eigenvalue weighted by Gasteiger charge is -2.17. The zero-order chi connectivity index (χ0) is 8.55. The topological polar surface area (TPSA) is 46.2 Å². The van der Waals surface area contributed by atoms with Gasteiger partial charge < -0.3 is 10.8 Å². The van der Waals surface area contributed by atoms with E-state index in [1.54, 1.807) is 0 Å². The molecule has 2 heteroatoms. The predicted octanol–water partition coefficient (Wildman–Crippen LogP) is 1.72. The first-order valence-corrected chi connectivity index (χ1v) is 4.02. The number of hydrogen-bond acceptors (Lipinski definition) is 2. The highest BCUT2D eigenvalue weighted by atomic mass is 16.3. The molecular formula is C10H11NO. The molecule has 0 saturated heterocycles. The second-order valence-electron chi connectivity index (χ2n) is 3.00. The van der Waals surface area contributed by atoms with Gasteiger partial charge in [-0.15, -0.1) is 0 Å². The highest BCUT2D eigenvalue weighted by Crippen LogP contribution is 2.30. The number of benzene rings is 1. The van der Waals surface area contributed by atoms with Crippen molar-refractivity contribution >= 4 is 11.8 Å². The van der Waals surface area contributed by atoms with Crippen LogP contribution < -0.4 is 5.73 Å². The van der Waals surface area contributed by atoms with Crippen molar-refractivity contribution < 1.29 is 5.11 Å². The van der Waals surface area contributed by atoms with Crippen LogP contribution in [0, 0.1) is 0 Å². The van der Waals surface area contributed by atoms with Crippen molar-refractivity contribution in [1.82, 2.24) is 0 Å². The van der Waals surface area contributed by atoms with Crippen LogP contribution in [-0.2, 0) is 0 Å². The van der Waals surface area contributed by atoms with Crippen LogP contribution in [0.25, 0.3) is 6.08 Å². The molecule has 0 radical (unpaired) electrons. The molecule has 2 rings (SSSR count). The van der Waals surface area contributed by atoms with Gasteiger partial charge in [-0.1, -0.05) is 24.3 Å². The first-order valence-electron chi connectivity index (χ1n) is 4.02. The number of aliphatic hydroxyl groups excluding tert-OH is 1. The van der Waals surface area contributed by atoms with Crippen LogP contribution in [0.3, 0.4) is 0 Å². The molecular weight excluding hydrogens is 150 g/mol. The summed E-state index contributed by atoms with van der Waals surface area (Å²) in [6, 6.07) is 5.64. The molecule has 1 unspecified atom stereocenters. The minimum absolute atomic E-state index is 0.381. The van der Waals surface area contributed by atoms with Crippen molar-refractivity contribution in [3.63, 3.8) is 0 Å². The molecule has 62 valence electrons. The fourth-order valence-corrected chi connectivity index (χ4v) is 1.53. The lowest BCUT2D eigenvalue weighted by molar-refractivity contribution is 0.180. The molecule has 1 aromatic carbocycles. The van der Waals surface area contributed by atoms with Gasteiger partial charge in [0.05, 0.1) is 6.10 Å². The van der Waals surface area contributed by atoms with Crippen LogP contribution in [0.5, 0.6) is 0 Å². The van der Waals surface area contributed by atoms with E-state index in [1.807, 2.05) is 30.4 Å². The molecule has 1 aliphatic rings. The van der Waals surface area contributed by atoms with Crippen molar-refractivity contribution in [1.29, 1.82) is 0 Å². The summed E-state index contributed by atoms with van der Waals surface area (Å²) in [5, 5.41) is 9.58. The van der Waals surface area contributed by atoms with Crippen molar-refractivity contribution in [2.24, 2.45) is 0 Å². The predicted molar refractivity (Wildman–Crippen MR) is 49.5 cm³/mol. The Labute approximate surface area is 71.3 Å². The van der Waals surface area contributed by atoms with Gasteiger partial charge in [-0.25, -0.2) is 0 Å². The van der Waals surface area contributed by atoms with E-state index < -0.39 is 0 Å². The third-order valence-corrected chi connectivity index (χ3v) is 2.18.